The summed E-state index contributed by atoms with van der Waals surface area (Å²) in [6.07, 6.45) is -0.247. The molecule has 0 N–H and O–H groups in total. The third-order valence-electron chi connectivity index (χ3n) is 2.58. The monoisotopic (exact) mass is 304 g/mol. The zero-order valence-electron chi connectivity index (χ0n) is 12.5. The highest BCUT2D eigenvalue weighted by Crippen LogP contribution is 2.17. The summed E-state index contributed by atoms with van der Waals surface area (Å²) >= 11 is 0. The lowest BCUT2D eigenvalue weighted by molar-refractivity contribution is -0.150. The van der Waals surface area contributed by atoms with Crippen LogP contribution in [0.25, 0.3) is 11.5 Å². The lowest BCUT2D eigenvalue weighted by atomic mass is 10.1. The van der Waals surface area contributed by atoms with Crippen molar-refractivity contribution >= 4 is 11.9 Å². The molecule has 22 heavy (non-hydrogen) atoms. The number of aromatic nitrogens is 2. The third kappa shape index (κ3) is 4.15. The van der Waals surface area contributed by atoms with E-state index in [9.17, 15) is 9.59 Å². The summed E-state index contributed by atoms with van der Waals surface area (Å²) in [4.78, 5) is 27.2. The first-order chi connectivity index (χ1) is 10.5. The zero-order chi connectivity index (χ0) is 16.1. The van der Waals surface area contributed by atoms with E-state index in [0.29, 0.717) is 22.8 Å². The highest BCUT2D eigenvalue weighted by Gasteiger charge is 2.13. The van der Waals surface area contributed by atoms with Crippen LogP contribution < -0.4 is 0 Å². The molecule has 1 heterocycles. The zero-order valence-corrected chi connectivity index (χ0v) is 12.5. The van der Waals surface area contributed by atoms with Crippen LogP contribution >= 0.6 is 0 Å². The fourth-order valence-electron chi connectivity index (χ4n) is 1.67. The second-order valence-corrected chi connectivity index (χ2v) is 4.84. The fraction of sp³-hybridized carbons (Fsp3) is 0.333. The van der Waals surface area contributed by atoms with Gasteiger partial charge in [0.25, 0.3) is 5.89 Å². The highest BCUT2D eigenvalue weighted by molar-refractivity contribution is 5.91. The fourth-order valence-corrected chi connectivity index (χ4v) is 1.67. The SMILES string of the molecule is Cc1noc(-c2ccc(C(=O)OCC(=O)OC(C)C)cc2)n1. The highest BCUT2D eigenvalue weighted by atomic mass is 16.6. The van der Waals surface area contributed by atoms with Crippen molar-refractivity contribution in [2.24, 2.45) is 0 Å². The average Bonchev–Trinajstić information content (AvgIpc) is 2.91. The minimum Gasteiger partial charge on any atom is -0.460 e. The Hall–Kier alpha value is -2.70. The van der Waals surface area contributed by atoms with Crippen LogP contribution in [0.2, 0.25) is 0 Å². The predicted molar refractivity (Wildman–Crippen MR) is 76.0 cm³/mol. The second kappa shape index (κ2) is 6.84. The van der Waals surface area contributed by atoms with E-state index in [1.165, 1.54) is 0 Å². The number of carbonyl (C=O) groups excluding carboxylic acids is 2. The normalized spacial score (nSPS) is 10.5. The molecule has 1 aromatic carbocycles. The minimum absolute atomic E-state index is 0.247. The molecular formula is C15H16N2O5. The van der Waals surface area contributed by atoms with Gasteiger partial charge in [-0.15, -0.1) is 0 Å². The van der Waals surface area contributed by atoms with E-state index in [1.54, 1.807) is 45.0 Å². The van der Waals surface area contributed by atoms with Gasteiger partial charge in [0, 0.05) is 5.56 Å². The Labute approximate surface area is 127 Å². The Balaban J connectivity index is 1.95. The summed E-state index contributed by atoms with van der Waals surface area (Å²) in [5, 5.41) is 3.69. The molecule has 2 rings (SSSR count). The first-order valence-corrected chi connectivity index (χ1v) is 6.73. The Kier molecular flexibility index (Phi) is 4.88. The van der Waals surface area contributed by atoms with Gasteiger partial charge in [0.1, 0.15) is 0 Å². The van der Waals surface area contributed by atoms with Crippen LogP contribution in [0.3, 0.4) is 0 Å². The van der Waals surface area contributed by atoms with E-state index in [1.807, 2.05) is 0 Å². The van der Waals surface area contributed by atoms with Crippen LogP contribution in [-0.4, -0.2) is 34.8 Å². The molecule has 7 nitrogen and oxygen atoms in total. The molecule has 0 atom stereocenters. The van der Waals surface area contributed by atoms with Crippen molar-refractivity contribution in [3.63, 3.8) is 0 Å². The molecular weight excluding hydrogens is 288 g/mol. The minimum atomic E-state index is -0.603. The first kappa shape index (κ1) is 15.7. The molecule has 0 aliphatic carbocycles. The summed E-state index contributed by atoms with van der Waals surface area (Å²) in [7, 11) is 0. The van der Waals surface area contributed by atoms with Crippen LogP contribution in [-0.2, 0) is 14.3 Å². The lowest BCUT2D eigenvalue weighted by Crippen LogP contribution is -2.19. The number of ether oxygens (including phenoxy) is 2. The molecule has 0 bridgehead atoms. The average molecular weight is 304 g/mol. The largest absolute Gasteiger partial charge is 0.460 e. The number of hydrogen-bond donors (Lipinski definition) is 0. The van der Waals surface area contributed by atoms with E-state index < -0.39 is 18.5 Å². The van der Waals surface area contributed by atoms with Crippen molar-refractivity contribution < 1.29 is 23.6 Å². The standard InChI is InChI=1S/C15H16N2O5/c1-9(2)21-13(18)8-20-15(19)12-6-4-11(5-7-12)14-16-10(3)17-22-14/h4-7,9H,8H2,1-3H3. The Morgan fingerprint density at radius 1 is 1.23 bits per heavy atom. The van der Waals surface area contributed by atoms with Crippen molar-refractivity contribution in [1.82, 2.24) is 10.1 Å². The van der Waals surface area contributed by atoms with Crippen LogP contribution in [0.15, 0.2) is 28.8 Å². The Morgan fingerprint density at radius 2 is 1.91 bits per heavy atom. The summed E-state index contributed by atoms with van der Waals surface area (Å²) in [5.74, 6) is -0.282. The molecule has 7 heteroatoms. The number of rotatable bonds is 5. The van der Waals surface area contributed by atoms with Crippen LogP contribution in [0.5, 0.6) is 0 Å². The van der Waals surface area contributed by atoms with Gasteiger partial charge in [-0.1, -0.05) is 5.16 Å². The van der Waals surface area contributed by atoms with Crippen LogP contribution in [0.4, 0.5) is 0 Å². The van der Waals surface area contributed by atoms with E-state index in [2.05, 4.69) is 10.1 Å². The molecule has 0 spiro atoms. The van der Waals surface area contributed by atoms with Gasteiger partial charge < -0.3 is 14.0 Å². The van der Waals surface area contributed by atoms with Gasteiger partial charge in [-0.3, -0.25) is 0 Å². The number of hydrogen-bond acceptors (Lipinski definition) is 7. The molecule has 0 aliphatic heterocycles. The van der Waals surface area contributed by atoms with Gasteiger partial charge >= 0.3 is 11.9 Å². The van der Waals surface area contributed by atoms with E-state index in [-0.39, 0.29) is 6.10 Å². The molecule has 1 aromatic heterocycles. The topological polar surface area (TPSA) is 91.5 Å². The maximum atomic E-state index is 11.8. The molecule has 0 saturated heterocycles. The second-order valence-electron chi connectivity index (χ2n) is 4.84. The van der Waals surface area contributed by atoms with Gasteiger partial charge in [0.15, 0.2) is 12.4 Å². The molecule has 0 radical (unpaired) electrons. The van der Waals surface area contributed by atoms with Gasteiger partial charge in [0.05, 0.1) is 11.7 Å². The molecule has 0 aliphatic rings. The smallest absolute Gasteiger partial charge is 0.344 e. The third-order valence-corrected chi connectivity index (χ3v) is 2.58. The van der Waals surface area contributed by atoms with E-state index in [0.717, 1.165) is 0 Å². The van der Waals surface area contributed by atoms with Crippen LogP contribution in [0.1, 0.15) is 30.0 Å². The van der Waals surface area contributed by atoms with Gasteiger partial charge in [-0.2, -0.15) is 4.98 Å². The molecule has 0 unspecified atom stereocenters. The van der Waals surface area contributed by atoms with E-state index in [4.69, 9.17) is 14.0 Å². The van der Waals surface area contributed by atoms with Crippen molar-refractivity contribution in [3.05, 3.63) is 35.7 Å². The van der Waals surface area contributed by atoms with Gasteiger partial charge in [-0.05, 0) is 45.0 Å². The Bertz CT molecular complexity index is 661. The summed E-state index contributed by atoms with van der Waals surface area (Å²) in [6, 6.07) is 6.45. The van der Waals surface area contributed by atoms with E-state index >= 15 is 0 Å². The maximum absolute atomic E-state index is 11.8. The predicted octanol–water partition coefficient (Wildman–Crippen LogP) is 2.15. The molecule has 0 saturated carbocycles. The molecule has 0 amide bonds. The van der Waals surface area contributed by atoms with Crippen molar-refractivity contribution in [2.75, 3.05) is 6.61 Å². The van der Waals surface area contributed by atoms with Crippen molar-refractivity contribution in [3.8, 4) is 11.5 Å². The van der Waals surface area contributed by atoms with Crippen molar-refractivity contribution in [1.29, 1.82) is 0 Å². The van der Waals surface area contributed by atoms with Crippen LogP contribution in [0, 0.1) is 6.92 Å². The summed E-state index contributed by atoms with van der Waals surface area (Å²) in [6.45, 7) is 4.74. The quantitative estimate of drug-likeness (QED) is 0.781. The number of benzene rings is 1. The summed E-state index contributed by atoms with van der Waals surface area (Å²) in [5.41, 5.74) is 1.01. The molecule has 2 aromatic rings. The number of nitrogens with zero attached hydrogens (tertiary/aromatic N) is 2. The summed E-state index contributed by atoms with van der Waals surface area (Å²) < 4.78 is 14.8. The van der Waals surface area contributed by atoms with Crippen molar-refractivity contribution in [2.45, 2.75) is 26.9 Å². The first-order valence-electron chi connectivity index (χ1n) is 6.73. The maximum Gasteiger partial charge on any atom is 0.344 e. The number of carbonyl (C=O) groups is 2. The van der Waals surface area contributed by atoms with Gasteiger partial charge in [-0.25, -0.2) is 9.59 Å². The number of esters is 2. The molecule has 116 valence electrons. The van der Waals surface area contributed by atoms with Gasteiger partial charge in [0.2, 0.25) is 0 Å². The number of aryl methyl sites for hydroxylation is 1. The lowest BCUT2D eigenvalue weighted by Gasteiger charge is -2.08. The Morgan fingerprint density at radius 3 is 2.45 bits per heavy atom. The molecule has 0 fully saturated rings.